The van der Waals surface area contributed by atoms with Crippen molar-refractivity contribution >= 4 is 16.9 Å². The number of methoxy groups -OCH3 is 1. The number of para-hydroxylation sites is 2. The Hall–Kier alpha value is -2.75. The van der Waals surface area contributed by atoms with Gasteiger partial charge in [0.25, 0.3) is 0 Å². The molecule has 2 aromatic carbocycles. The lowest BCUT2D eigenvalue weighted by Gasteiger charge is -2.08. The van der Waals surface area contributed by atoms with Gasteiger partial charge in [-0.05, 0) is 37.1 Å². The maximum absolute atomic E-state index is 12.2. The first-order valence-corrected chi connectivity index (χ1v) is 7.40. The Morgan fingerprint density at radius 2 is 1.83 bits per heavy atom. The normalized spacial score (nSPS) is 10.7. The average Bonchev–Trinajstić information content (AvgIpc) is 2.95. The number of hydrogen-bond donors (Lipinski definition) is 0. The Labute approximate surface area is 134 Å². The highest BCUT2D eigenvalue weighted by Gasteiger charge is 2.15. The Kier molecular flexibility index (Phi) is 4.06. The number of benzene rings is 2. The second kappa shape index (κ2) is 6.16. The van der Waals surface area contributed by atoms with Crippen molar-refractivity contribution < 1.29 is 18.7 Å². The van der Waals surface area contributed by atoms with Crippen molar-refractivity contribution in [2.24, 2.45) is 0 Å². The van der Waals surface area contributed by atoms with Gasteiger partial charge >= 0.3 is 5.97 Å². The molecule has 0 radical (unpaired) electrons. The fourth-order valence-corrected chi connectivity index (χ4v) is 2.54. The summed E-state index contributed by atoms with van der Waals surface area (Å²) in [6.45, 7) is 4.05. The van der Waals surface area contributed by atoms with Crippen LogP contribution in [0, 0.1) is 13.8 Å². The summed E-state index contributed by atoms with van der Waals surface area (Å²) in [7, 11) is 1.54. The second-order valence-corrected chi connectivity index (χ2v) is 5.45. The van der Waals surface area contributed by atoms with Crippen LogP contribution in [0.2, 0.25) is 0 Å². The van der Waals surface area contributed by atoms with E-state index in [0.29, 0.717) is 11.5 Å². The first kappa shape index (κ1) is 15.2. The van der Waals surface area contributed by atoms with Crippen molar-refractivity contribution in [3.05, 3.63) is 59.4 Å². The third-order valence-corrected chi connectivity index (χ3v) is 3.97. The molecule has 4 nitrogen and oxygen atoms in total. The number of carbonyl (C=O) groups excluding carboxylic acids is 1. The van der Waals surface area contributed by atoms with Crippen LogP contribution in [-0.4, -0.2) is 13.1 Å². The maximum Gasteiger partial charge on any atom is 0.315 e. The summed E-state index contributed by atoms with van der Waals surface area (Å²) in [5.41, 5.74) is 3.90. The SMILES string of the molecule is COc1ccccc1OC(=O)Cc1coc2c(C)c(C)ccc12. The van der Waals surface area contributed by atoms with Gasteiger partial charge in [-0.15, -0.1) is 0 Å². The fourth-order valence-electron chi connectivity index (χ4n) is 2.54. The molecule has 0 atom stereocenters. The lowest BCUT2D eigenvalue weighted by atomic mass is 10.0. The molecule has 0 fully saturated rings. The number of hydrogen-bond acceptors (Lipinski definition) is 4. The van der Waals surface area contributed by atoms with E-state index < -0.39 is 0 Å². The predicted octanol–water partition coefficient (Wildman–Crippen LogP) is 4.21. The van der Waals surface area contributed by atoms with Gasteiger partial charge in [0.15, 0.2) is 11.5 Å². The Bertz CT molecular complexity index is 861. The molecule has 1 aromatic heterocycles. The van der Waals surface area contributed by atoms with Crippen molar-refractivity contribution in [2.45, 2.75) is 20.3 Å². The van der Waals surface area contributed by atoms with E-state index in [1.165, 1.54) is 0 Å². The van der Waals surface area contributed by atoms with Gasteiger partial charge in [0.1, 0.15) is 5.58 Å². The van der Waals surface area contributed by atoms with Crippen LogP contribution in [0.5, 0.6) is 11.5 Å². The molecule has 0 saturated heterocycles. The molecular formula is C19H18O4. The van der Waals surface area contributed by atoms with Crippen molar-refractivity contribution in [1.82, 2.24) is 0 Å². The fraction of sp³-hybridized carbons (Fsp3) is 0.211. The van der Waals surface area contributed by atoms with E-state index in [-0.39, 0.29) is 12.4 Å². The number of ether oxygens (including phenoxy) is 2. The van der Waals surface area contributed by atoms with Crippen molar-refractivity contribution in [1.29, 1.82) is 0 Å². The van der Waals surface area contributed by atoms with Gasteiger partial charge in [0, 0.05) is 10.9 Å². The molecule has 3 aromatic rings. The quantitative estimate of drug-likeness (QED) is 0.535. The molecule has 118 valence electrons. The van der Waals surface area contributed by atoms with Gasteiger partial charge in [0.2, 0.25) is 0 Å². The molecule has 1 heterocycles. The molecule has 0 N–H and O–H groups in total. The minimum Gasteiger partial charge on any atom is -0.493 e. The zero-order chi connectivity index (χ0) is 16.4. The zero-order valence-corrected chi connectivity index (χ0v) is 13.4. The highest BCUT2D eigenvalue weighted by Crippen LogP contribution is 2.29. The van der Waals surface area contributed by atoms with E-state index in [0.717, 1.165) is 27.7 Å². The summed E-state index contributed by atoms with van der Waals surface area (Å²) >= 11 is 0. The van der Waals surface area contributed by atoms with Gasteiger partial charge < -0.3 is 13.9 Å². The van der Waals surface area contributed by atoms with E-state index in [1.807, 2.05) is 32.0 Å². The van der Waals surface area contributed by atoms with Gasteiger partial charge in [0.05, 0.1) is 19.8 Å². The summed E-state index contributed by atoms with van der Waals surface area (Å²) in [5, 5.41) is 0.949. The standard InChI is InChI=1S/C19H18O4/c1-12-8-9-15-14(11-22-19(15)13(12)2)10-18(20)23-17-7-5-4-6-16(17)21-3/h4-9,11H,10H2,1-3H3. The van der Waals surface area contributed by atoms with Gasteiger partial charge in [-0.1, -0.05) is 24.3 Å². The van der Waals surface area contributed by atoms with Crippen LogP contribution in [0.4, 0.5) is 0 Å². The summed E-state index contributed by atoms with van der Waals surface area (Å²) in [5.74, 6) is 0.597. The Morgan fingerprint density at radius 1 is 1.09 bits per heavy atom. The Balaban J connectivity index is 1.82. The molecule has 0 amide bonds. The molecule has 23 heavy (non-hydrogen) atoms. The van der Waals surface area contributed by atoms with Gasteiger partial charge in [-0.2, -0.15) is 0 Å². The van der Waals surface area contributed by atoms with Crippen LogP contribution < -0.4 is 9.47 Å². The van der Waals surface area contributed by atoms with Crippen molar-refractivity contribution in [3.63, 3.8) is 0 Å². The molecule has 0 aliphatic rings. The van der Waals surface area contributed by atoms with Gasteiger partial charge in [-0.25, -0.2) is 0 Å². The molecule has 3 rings (SSSR count). The summed E-state index contributed by atoms with van der Waals surface area (Å²) in [6.07, 6.45) is 1.77. The molecule has 0 spiro atoms. The maximum atomic E-state index is 12.2. The summed E-state index contributed by atoms with van der Waals surface area (Å²) in [6, 6.07) is 11.1. The summed E-state index contributed by atoms with van der Waals surface area (Å²) in [4.78, 5) is 12.2. The largest absolute Gasteiger partial charge is 0.493 e. The predicted molar refractivity (Wildman–Crippen MR) is 88.0 cm³/mol. The highest BCUT2D eigenvalue weighted by molar-refractivity contribution is 5.88. The first-order chi connectivity index (χ1) is 11.1. The number of carbonyl (C=O) groups is 1. The highest BCUT2D eigenvalue weighted by atomic mass is 16.6. The monoisotopic (exact) mass is 310 g/mol. The number of rotatable bonds is 4. The van der Waals surface area contributed by atoms with Crippen molar-refractivity contribution in [3.8, 4) is 11.5 Å². The third kappa shape index (κ3) is 2.93. The zero-order valence-electron chi connectivity index (χ0n) is 13.4. The van der Waals surface area contributed by atoms with Crippen molar-refractivity contribution in [2.75, 3.05) is 7.11 Å². The van der Waals surface area contributed by atoms with E-state index >= 15 is 0 Å². The number of fused-ring (bicyclic) bond motifs is 1. The molecule has 0 aliphatic heterocycles. The molecule has 0 bridgehead atoms. The molecule has 0 unspecified atom stereocenters. The minimum absolute atomic E-state index is 0.146. The first-order valence-electron chi connectivity index (χ1n) is 7.40. The summed E-state index contributed by atoms with van der Waals surface area (Å²) < 4.78 is 16.2. The number of furan rings is 1. The number of esters is 1. The van der Waals surface area contributed by atoms with Crippen LogP contribution in [0.3, 0.4) is 0 Å². The molecule has 4 heteroatoms. The van der Waals surface area contributed by atoms with Crippen LogP contribution in [0.1, 0.15) is 16.7 Å². The van der Waals surface area contributed by atoms with Crippen LogP contribution in [0.25, 0.3) is 11.0 Å². The van der Waals surface area contributed by atoms with Crippen LogP contribution in [-0.2, 0) is 11.2 Å². The average molecular weight is 310 g/mol. The molecule has 0 saturated carbocycles. The van der Waals surface area contributed by atoms with Crippen LogP contribution in [0.15, 0.2) is 47.1 Å². The Morgan fingerprint density at radius 3 is 2.57 bits per heavy atom. The lowest BCUT2D eigenvalue weighted by Crippen LogP contribution is -2.11. The third-order valence-electron chi connectivity index (χ3n) is 3.97. The van der Waals surface area contributed by atoms with E-state index in [4.69, 9.17) is 13.9 Å². The topological polar surface area (TPSA) is 48.7 Å². The van der Waals surface area contributed by atoms with E-state index in [1.54, 1.807) is 31.6 Å². The second-order valence-electron chi connectivity index (χ2n) is 5.45. The van der Waals surface area contributed by atoms with E-state index in [9.17, 15) is 4.79 Å². The number of aryl methyl sites for hydroxylation is 2. The smallest absolute Gasteiger partial charge is 0.315 e. The van der Waals surface area contributed by atoms with Crippen LogP contribution >= 0.6 is 0 Å². The minimum atomic E-state index is -0.351. The van der Waals surface area contributed by atoms with E-state index in [2.05, 4.69) is 0 Å². The molecule has 0 aliphatic carbocycles. The van der Waals surface area contributed by atoms with Gasteiger partial charge in [-0.3, -0.25) is 4.79 Å². The lowest BCUT2D eigenvalue weighted by molar-refractivity contribution is -0.133. The molecular weight excluding hydrogens is 292 g/mol.